The summed E-state index contributed by atoms with van der Waals surface area (Å²) >= 11 is 0. The monoisotopic (exact) mass is 306 g/mol. The van der Waals surface area contributed by atoms with Gasteiger partial charge in [-0.2, -0.15) is 0 Å². The zero-order valence-electron chi connectivity index (χ0n) is 12.7. The number of aliphatic hydroxyl groups is 1. The molecular weight excluding hydrogens is 283 g/mol. The van der Waals surface area contributed by atoms with Crippen LogP contribution in [0.5, 0.6) is 0 Å². The summed E-state index contributed by atoms with van der Waals surface area (Å²) in [6.07, 6.45) is 2.46. The summed E-state index contributed by atoms with van der Waals surface area (Å²) in [7, 11) is 0. The van der Waals surface area contributed by atoms with Crippen LogP contribution < -0.4 is 0 Å². The number of carbonyl (C=O) groups is 1. The standard InChI is InChI=1S/C17H23FN2O2/c18-16-6-2-1-5-15(16)17(22)20-10-13(14(11-20)12-21)9-19-7-3-4-8-19/h1-2,5-6,13-14,21H,3-4,7-12H2/t13-,14-/m1/s1. The summed E-state index contributed by atoms with van der Waals surface area (Å²) in [6.45, 7) is 4.34. The summed E-state index contributed by atoms with van der Waals surface area (Å²) < 4.78 is 13.8. The first-order chi connectivity index (χ1) is 10.7. The van der Waals surface area contributed by atoms with Gasteiger partial charge in [-0.1, -0.05) is 12.1 Å². The molecule has 0 aromatic heterocycles. The lowest BCUT2D eigenvalue weighted by atomic mass is 9.96. The zero-order chi connectivity index (χ0) is 15.5. The summed E-state index contributed by atoms with van der Waals surface area (Å²) in [5.41, 5.74) is 0.126. The average molecular weight is 306 g/mol. The van der Waals surface area contributed by atoms with Gasteiger partial charge in [-0.25, -0.2) is 4.39 Å². The van der Waals surface area contributed by atoms with Gasteiger partial charge in [0.1, 0.15) is 5.82 Å². The third kappa shape index (κ3) is 3.15. The molecule has 2 aliphatic rings. The maximum atomic E-state index is 13.8. The second kappa shape index (κ2) is 6.75. The van der Waals surface area contributed by atoms with Crippen LogP contribution in [0.3, 0.4) is 0 Å². The zero-order valence-corrected chi connectivity index (χ0v) is 12.7. The molecule has 2 fully saturated rings. The Morgan fingerprint density at radius 1 is 1.18 bits per heavy atom. The Labute approximate surface area is 130 Å². The molecule has 0 bridgehead atoms. The number of nitrogens with zero attached hydrogens (tertiary/aromatic N) is 2. The molecule has 2 heterocycles. The molecule has 120 valence electrons. The van der Waals surface area contributed by atoms with E-state index in [1.165, 1.54) is 25.0 Å². The van der Waals surface area contributed by atoms with Gasteiger partial charge in [0.25, 0.3) is 5.91 Å². The van der Waals surface area contributed by atoms with Crippen LogP contribution >= 0.6 is 0 Å². The lowest BCUT2D eigenvalue weighted by molar-refractivity contribution is 0.0774. The van der Waals surface area contributed by atoms with E-state index in [1.807, 2.05) is 0 Å². The molecule has 4 nitrogen and oxygen atoms in total. The fourth-order valence-electron chi connectivity index (χ4n) is 3.62. The Morgan fingerprint density at radius 2 is 1.86 bits per heavy atom. The minimum absolute atomic E-state index is 0.0829. The van der Waals surface area contributed by atoms with E-state index in [4.69, 9.17) is 0 Å². The van der Waals surface area contributed by atoms with Crippen molar-refractivity contribution in [3.05, 3.63) is 35.6 Å². The molecule has 22 heavy (non-hydrogen) atoms. The molecule has 2 aliphatic heterocycles. The predicted octanol–water partition coefficient (Wildman–Crippen LogP) is 1.60. The number of halogens is 1. The van der Waals surface area contributed by atoms with Crippen LogP contribution in [0.1, 0.15) is 23.2 Å². The van der Waals surface area contributed by atoms with Gasteiger partial charge >= 0.3 is 0 Å². The minimum Gasteiger partial charge on any atom is -0.396 e. The third-order valence-corrected chi connectivity index (χ3v) is 4.89. The maximum Gasteiger partial charge on any atom is 0.256 e. The average Bonchev–Trinajstić information content (AvgIpc) is 3.17. The summed E-state index contributed by atoms with van der Waals surface area (Å²) in [5, 5.41) is 9.60. The first kappa shape index (κ1) is 15.4. The number of rotatable bonds is 4. The fraction of sp³-hybridized carbons (Fsp3) is 0.588. The molecule has 0 aliphatic carbocycles. The molecule has 0 spiro atoms. The number of hydrogen-bond donors (Lipinski definition) is 1. The van der Waals surface area contributed by atoms with Crippen molar-refractivity contribution in [2.45, 2.75) is 12.8 Å². The second-order valence-electron chi connectivity index (χ2n) is 6.40. The van der Waals surface area contributed by atoms with Crippen molar-refractivity contribution in [1.29, 1.82) is 0 Å². The third-order valence-electron chi connectivity index (χ3n) is 4.89. The van der Waals surface area contributed by atoms with Crippen molar-refractivity contribution in [3.8, 4) is 0 Å². The predicted molar refractivity (Wildman–Crippen MR) is 82.0 cm³/mol. The lowest BCUT2D eigenvalue weighted by Crippen LogP contribution is -2.33. The number of likely N-dealkylation sites (tertiary alicyclic amines) is 2. The Hall–Kier alpha value is -1.46. The number of benzene rings is 1. The largest absolute Gasteiger partial charge is 0.396 e. The van der Waals surface area contributed by atoms with E-state index in [2.05, 4.69) is 4.90 Å². The van der Waals surface area contributed by atoms with Crippen LogP contribution in [0.2, 0.25) is 0 Å². The molecule has 3 rings (SSSR count). The number of aliphatic hydroxyl groups excluding tert-OH is 1. The maximum absolute atomic E-state index is 13.8. The highest BCUT2D eigenvalue weighted by Crippen LogP contribution is 2.27. The number of carbonyl (C=O) groups excluding carboxylic acids is 1. The molecule has 1 aromatic rings. The smallest absolute Gasteiger partial charge is 0.256 e. The van der Waals surface area contributed by atoms with Gasteiger partial charge in [0.2, 0.25) is 0 Å². The molecule has 0 radical (unpaired) electrons. The van der Waals surface area contributed by atoms with E-state index in [1.54, 1.807) is 17.0 Å². The number of amides is 1. The van der Waals surface area contributed by atoms with Gasteiger partial charge in [0.05, 0.1) is 5.56 Å². The van der Waals surface area contributed by atoms with Crippen LogP contribution in [0.25, 0.3) is 0 Å². The van der Waals surface area contributed by atoms with Crippen molar-refractivity contribution in [3.63, 3.8) is 0 Å². The van der Waals surface area contributed by atoms with Crippen molar-refractivity contribution < 1.29 is 14.3 Å². The summed E-state index contributed by atoms with van der Waals surface area (Å²) in [5.74, 6) is -0.369. The van der Waals surface area contributed by atoms with Crippen LogP contribution in [0, 0.1) is 17.7 Å². The van der Waals surface area contributed by atoms with Crippen molar-refractivity contribution >= 4 is 5.91 Å². The van der Waals surface area contributed by atoms with Crippen molar-refractivity contribution in [2.75, 3.05) is 39.3 Å². The van der Waals surface area contributed by atoms with E-state index in [0.29, 0.717) is 13.1 Å². The topological polar surface area (TPSA) is 43.8 Å². The minimum atomic E-state index is -0.476. The van der Waals surface area contributed by atoms with Crippen molar-refractivity contribution in [1.82, 2.24) is 9.80 Å². The highest BCUT2D eigenvalue weighted by atomic mass is 19.1. The SMILES string of the molecule is O=C(c1ccccc1F)N1C[C@@H](CN2CCCC2)[C@@H](CO)C1. The molecule has 0 saturated carbocycles. The molecular formula is C17H23FN2O2. The quantitative estimate of drug-likeness (QED) is 0.919. The van der Waals surface area contributed by atoms with Crippen LogP contribution in [0.15, 0.2) is 24.3 Å². The van der Waals surface area contributed by atoms with Gasteiger partial charge in [0, 0.05) is 32.2 Å². The Morgan fingerprint density at radius 3 is 2.55 bits per heavy atom. The van der Waals surface area contributed by atoms with Gasteiger partial charge in [-0.15, -0.1) is 0 Å². The molecule has 0 unspecified atom stereocenters. The summed E-state index contributed by atoms with van der Waals surface area (Å²) in [6, 6.07) is 6.11. The van der Waals surface area contributed by atoms with E-state index in [9.17, 15) is 14.3 Å². The van der Waals surface area contributed by atoms with Crippen molar-refractivity contribution in [2.24, 2.45) is 11.8 Å². The molecule has 1 aromatic carbocycles. The number of hydrogen-bond acceptors (Lipinski definition) is 3. The molecule has 5 heteroatoms. The fourth-order valence-corrected chi connectivity index (χ4v) is 3.62. The van der Waals surface area contributed by atoms with E-state index < -0.39 is 5.82 Å². The van der Waals surface area contributed by atoms with E-state index >= 15 is 0 Å². The van der Waals surface area contributed by atoms with E-state index in [0.717, 1.165) is 19.6 Å². The second-order valence-corrected chi connectivity index (χ2v) is 6.40. The van der Waals surface area contributed by atoms with Gasteiger partial charge in [-0.05, 0) is 44.0 Å². The molecule has 1 amide bonds. The molecule has 1 N–H and O–H groups in total. The normalized spacial score (nSPS) is 25.8. The Balaban J connectivity index is 1.68. The first-order valence-corrected chi connectivity index (χ1v) is 8.06. The Kier molecular flexibility index (Phi) is 4.74. The molecule has 2 saturated heterocycles. The Bertz CT molecular complexity index is 531. The van der Waals surface area contributed by atoms with Crippen LogP contribution in [0.4, 0.5) is 4.39 Å². The summed E-state index contributed by atoms with van der Waals surface area (Å²) in [4.78, 5) is 16.6. The lowest BCUT2D eigenvalue weighted by Gasteiger charge is -2.22. The van der Waals surface area contributed by atoms with Crippen LogP contribution in [-0.2, 0) is 0 Å². The van der Waals surface area contributed by atoms with Crippen LogP contribution in [-0.4, -0.2) is 60.1 Å². The molecule has 2 atom stereocenters. The van der Waals surface area contributed by atoms with Gasteiger partial charge in [-0.3, -0.25) is 4.79 Å². The van der Waals surface area contributed by atoms with E-state index in [-0.39, 0.29) is 29.9 Å². The first-order valence-electron chi connectivity index (χ1n) is 8.06. The highest BCUT2D eigenvalue weighted by molar-refractivity contribution is 5.94. The highest BCUT2D eigenvalue weighted by Gasteiger charge is 2.36. The van der Waals surface area contributed by atoms with Gasteiger partial charge < -0.3 is 14.9 Å². The van der Waals surface area contributed by atoms with Gasteiger partial charge in [0.15, 0.2) is 0 Å².